The highest BCUT2D eigenvalue weighted by molar-refractivity contribution is 5.47. The Morgan fingerprint density at radius 2 is 1.32 bits per heavy atom. The normalized spacial score (nSPS) is 16.6. The van der Waals surface area contributed by atoms with E-state index in [0.29, 0.717) is 18.8 Å². The fraction of sp³-hybridized carbons (Fsp3) is 0.475. The summed E-state index contributed by atoms with van der Waals surface area (Å²) in [4.78, 5) is 11.9. The quantitative estimate of drug-likeness (QED) is 0.190. The summed E-state index contributed by atoms with van der Waals surface area (Å²) in [6.45, 7) is 2.95. The fourth-order valence-corrected chi connectivity index (χ4v) is 5.07. The van der Waals surface area contributed by atoms with E-state index in [0.717, 1.165) is 56.6 Å². The average molecular weight is 706 g/mol. The van der Waals surface area contributed by atoms with Gasteiger partial charge in [-0.15, -0.1) is 51.4 Å². The molecule has 3 fully saturated rings. The number of quaternary nitrogens is 1. The maximum absolute atomic E-state index is 12.3. The van der Waals surface area contributed by atoms with Crippen molar-refractivity contribution in [2.24, 2.45) is 0 Å². The first-order chi connectivity index (χ1) is 24.1. The summed E-state index contributed by atoms with van der Waals surface area (Å²) >= 11 is 0. The maximum atomic E-state index is 12.3. The minimum atomic E-state index is -4.33. The number of methoxy groups -OCH3 is 1. The van der Waals surface area contributed by atoms with E-state index in [4.69, 9.17) is 9.47 Å². The Morgan fingerprint density at radius 1 is 0.820 bits per heavy atom. The number of piperidine rings is 1. The molecule has 10 heteroatoms. The summed E-state index contributed by atoms with van der Waals surface area (Å²) in [5.74, 6) is -1.69. The number of likely N-dealkylation sites (tertiary alicyclic amines) is 1. The van der Waals surface area contributed by atoms with E-state index in [2.05, 4.69) is 56.7 Å². The highest BCUT2D eigenvalue weighted by Gasteiger charge is 2.31. The Morgan fingerprint density at radius 3 is 1.68 bits per heavy atom. The number of alkyl halides is 5. The van der Waals surface area contributed by atoms with Crippen molar-refractivity contribution in [3.05, 3.63) is 65.7 Å². The Kier molecular flexibility index (Phi) is 33.0. The number of hydrogen-bond donors (Lipinski definition) is 1. The monoisotopic (exact) mass is 705 g/mol. The second-order valence-electron chi connectivity index (χ2n) is 10.7. The molecule has 2 saturated heterocycles. The van der Waals surface area contributed by atoms with Gasteiger partial charge >= 0.3 is 6.18 Å². The number of nitrogens with zero attached hydrogens (tertiary/aromatic N) is 1. The lowest BCUT2D eigenvalue weighted by Gasteiger charge is -2.21. The standard InChI is InChI=1S/C14H18F3NO2.C6H10F2.C6H11NO.C6H6.4C2H2/c1-19-8-12-11(10-5-6-18-7-10)3-2-4-13(12)20-9-14(15,16)17;7-6(8)4-2-1-3-5-6;8-6-7-4-2-1-3-5-7;1-2-4-6-5-3-1;4*1-2/h2-4,10,18H,5-9H2,1H3;1-5H2;6H,1-5H2;1-6H;4*1-2H/p+1/t10-;;;;;;;/m0......./s1. The highest BCUT2D eigenvalue weighted by atomic mass is 19.4. The summed E-state index contributed by atoms with van der Waals surface area (Å²) in [5, 5.41) is 2.21. The fourth-order valence-electron chi connectivity index (χ4n) is 5.07. The van der Waals surface area contributed by atoms with Crippen molar-refractivity contribution in [1.82, 2.24) is 4.90 Å². The molecule has 2 aromatic rings. The summed E-state index contributed by atoms with van der Waals surface area (Å²) in [6, 6.07) is 17.3. The molecule has 1 atom stereocenters. The molecule has 1 saturated carbocycles. The van der Waals surface area contributed by atoms with Gasteiger partial charge in [0.15, 0.2) is 6.61 Å². The molecule has 5 rings (SSSR count). The molecular weight excluding hydrogens is 651 g/mol. The molecule has 276 valence electrons. The third-order valence-corrected chi connectivity index (χ3v) is 7.25. The van der Waals surface area contributed by atoms with Crippen LogP contribution in [0.5, 0.6) is 5.75 Å². The SMILES string of the molecule is C#C.C#C.C#C.C#C.COCc1c(OCC(F)(F)F)cccc1[C@H]1CC[NH2+]C1.FC1(F)CCCCC1.O=CN1CCCCC1.c1ccccc1. The van der Waals surface area contributed by atoms with Gasteiger partial charge in [-0.1, -0.05) is 55.0 Å². The van der Waals surface area contributed by atoms with Crippen LogP contribution in [0.2, 0.25) is 0 Å². The van der Waals surface area contributed by atoms with E-state index >= 15 is 0 Å². The van der Waals surface area contributed by atoms with Gasteiger partial charge in [-0.3, -0.25) is 4.79 Å². The van der Waals surface area contributed by atoms with E-state index in [-0.39, 0.29) is 25.2 Å². The summed E-state index contributed by atoms with van der Waals surface area (Å²) in [6.07, 6.45) is 36.0. The Labute approximate surface area is 297 Å². The zero-order chi connectivity index (χ0) is 38.7. The first-order valence-corrected chi connectivity index (χ1v) is 16.2. The molecule has 1 aliphatic carbocycles. The van der Waals surface area contributed by atoms with Gasteiger partial charge in [0.1, 0.15) is 5.75 Å². The van der Waals surface area contributed by atoms with Gasteiger partial charge in [-0.2, -0.15) is 13.2 Å². The number of carbonyl (C=O) groups is 1. The van der Waals surface area contributed by atoms with Crippen molar-refractivity contribution in [3.8, 4) is 57.1 Å². The molecular formula is C40H54F5N2O3+. The van der Waals surface area contributed by atoms with Crippen LogP contribution in [0, 0.1) is 51.4 Å². The van der Waals surface area contributed by atoms with Gasteiger partial charge < -0.3 is 19.7 Å². The third kappa shape index (κ3) is 25.5. The van der Waals surface area contributed by atoms with Crippen LogP contribution in [0.4, 0.5) is 22.0 Å². The molecule has 0 unspecified atom stereocenters. The molecule has 0 spiro atoms. The molecule has 0 bridgehead atoms. The van der Waals surface area contributed by atoms with Crippen molar-refractivity contribution < 1.29 is 41.5 Å². The molecule has 0 radical (unpaired) electrons. The van der Waals surface area contributed by atoms with E-state index in [9.17, 15) is 26.7 Å². The lowest BCUT2D eigenvalue weighted by molar-refractivity contribution is -0.636. The molecule has 2 aliphatic heterocycles. The maximum Gasteiger partial charge on any atom is 0.422 e. The van der Waals surface area contributed by atoms with Crippen LogP contribution in [-0.4, -0.2) is 63.3 Å². The Bertz CT molecular complexity index is 1090. The van der Waals surface area contributed by atoms with Crippen molar-refractivity contribution in [1.29, 1.82) is 0 Å². The lowest BCUT2D eigenvalue weighted by Crippen LogP contribution is -2.81. The van der Waals surface area contributed by atoms with Crippen LogP contribution < -0.4 is 10.1 Å². The highest BCUT2D eigenvalue weighted by Crippen LogP contribution is 2.33. The predicted octanol–water partition coefficient (Wildman–Crippen LogP) is 7.72. The van der Waals surface area contributed by atoms with Crippen LogP contribution in [0.1, 0.15) is 74.8 Å². The Balaban J connectivity index is -0.000000611. The molecule has 2 aromatic carbocycles. The van der Waals surface area contributed by atoms with Crippen molar-refractivity contribution in [2.75, 3.05) is 39.9 Å². The molecule has 2 N–H and O–H groups in total. The van der Waals surface area contributed by atoms with E-state index in [1.807, 2.05) is 47.4 Å². The van der Waals surface area contributed by atoms with Crippen LogP contribution in [0.3, 0.4) is 0 Å². The van der Waals surface area contributed by atoms with Gasteiger partial charge in [0, 0.05) is 50.9 Å². The van der Waals surface area contributed by atoms with Gasteiger partial charge in [0.2, 0.25) is 12.3 Å². The molecule has 3 aliphatic rings. The first-order valence-electron chi connectivity index (χ1n) is 16.2. The average Bonchev–Trinajstić information content (AvgIpc) is 3.71. The third-order valence-electron chi connectivity index (χ3n) is 7.25. The molecule has 5 nitrogen and oxygen atoms in total. The van der Waals surface area contributed by atoms with E-state index in [1.54, 1.807) is 12.1 Å². The van der Waals surface area contributed by atoms with Gasteiger partial charge in [-0.25, -0.2) is 8.78 Å². The number of terminal acetylenes is 4. The van der Waals surface area contributed by atoms with Crippen LogP contribution in [-0.2, 0) is 16.1 Å². The van der Waals surface area contributed by atoms with Crippen molar-refractivity contribution in [3.63, 3.8) is 0 Å². The zero-order valence-corrected chi connectivity index (χ0v) is 29.2. The van der Waals surface area contributed by atoms with Crippen molar-refractivity contribution in [2.45, 2.75) is 82.4 Å². The smallest absolute Gasteiger partial charge is 0.422 e. The summed E-state index contributed by atoms with van der Waals surface area (Å²) in [7, 11) is 1.53. The molecule has 50 heavy (non-hydrogen) atoms. The van der Waals surface area contributed by atoms with E-state index in [1.165, 1.54) is 26.4 Å². The summed E-state index contributed by atoms with van der Waals surface area (Å²) in [5.41, 5.74) is 1.78. The van der Waals surface area contributed by atoms with Crippen LogP contribution in [0.15, 0.2) is 54.6 Å². The second-order valence-corrected chi connectivity index (χ2v) is 10.7. The number of rotatable bonds is 6. The lowest BCUT2D eigenvalue weighted by atomic mass is 9.93. The molecule has 2 heterocycles. The number of hydrogen-bond acceptors (Lipinski definition) is 3. The number of benzene rings is 2. The first kappa shape index (κ1) is 49.9. The summed E-state index contributed by atoms with van der Waals surface area (Å²) < 4.78 is 71.4. The number of carbonyl (C=O) groups excluding carboxylic acids is 1. The van der Waals surface area contributed by atoms with Gasteiger partial charge in [0.25, 0.3) is 0 Å². The number of amides is 1. The predicted molar refractivity (Wildman–Crippen MR) is 193 cm³/mol. The Hall–Kier alpha value is -4.48. The second kappa shape index (κ2) is 33.0. The van der Waals surface area contributed by atoms with Crippen LogP contribution >= 0.6 is 0 Å². The molecule has 1 amide bonds. The number of nitrogens with two attached hydrogens (primary N) is 1. The van der Waals surface area contributed by atoms with Gasteiger partial charge in [-0.05, 0) is 43.7 Å². The minimum Gasteiger partial charge on any atom is -0.484 e. The number of halogens is 5. The zero-order valence-electron chi connectivity index (χ0n) is 29.2. The largest absolute Gasteiger partial charge is 0.484 e. The van der Waals surface area contributed by atoms with Gasteiger partial charge in [0.05, 0.1) is 19.7 Å². The minimum absolute atomic E-state index is 0.118. The van der Waals surface area contributed by atoms with E-state index < -0.39 is 18.7 Å². The molecule has 0 aromatic heterocycles. The van der Waals surface area contributed by atoms with Crippen molar-refractivity contribution >= 4 is 6.41 Å². The topological polar surface area (TPSA) is 55.4 Å². The van der Waals surface area contributed by atoms with Crippen LogP contribution in [0.25, 0.3) is 0 Å². The number of ether oxygens (including phenoxy) is 2.